The molecule has 0 amide bonds. The van der Waals surface area contributed by atoms with E-state index in [-0.39, 0.29) is 42.1 Å². The van der Waals surface area contributed by atoms with E-state index in [2.05, 4.69) is 14.7 Å². The van der Waals surface area contributed by atoms with E-state index < -0.39 is 33.6 Å². The Morgan fingerprint density at radius 3 is 2.50 bits per heavy atom. The van der Waals surface area contributed by atoms with Crippen molar-refractivity contribution in [2.75, 3.05) is 25.0 Å². The summed E-state index contributed by atoms with van der Waals surface area (Å²) in [5.74, 6) is -2.15. The summed E-state index contributed by atoms with van der Waals surface area (Å²) in [4.78, 5) is 20.6. The normalized spacial score (nSPS) is 12.2. The summed E-state index contributed by atoms with van der Waals surface area (Å²) in [5.41, 5.74) is 7.29. The molecule has 2 aromatic carbocycles. The maximum Gasteiger partial charge on any atom is 0.328 e. The van der Waals surface area contributed by atoms with Crippen molar-refractivity contribution in [3.05, 3.63) is 65.7 Å². The van der Waals surface area contributed by atoms with Crippen LogP contribution in [0.15, 0.2) is 53.7 Å². The van der Waals surface area contributed by atoms with Crippen molar-refractivity contribution < 1.29 is 36.9 Å². The molecule has 3 aromatic rings. The second-order valence-corrected chi connectivity index (χ2v) is 10.1. The number of anilines is 1. The van der Waals surface area contributed by atoms with Crippen LogP contribution in [0.1, 0.15) is 30.9 Å². The number of sulfonamides is 1. The Kier molecular flexibility index (Phi) is 9.55. The van der Waals surface area contributed by atoms with Gasteiger partial charge in [-0.2, -0.15) is 4.98 Å². The van der Waals surface area contributed by atoms with Gasteiger partial charge in [0.1, 0.15) is 30.5 Å². The first kappa shape index (κ1) is 28.8. The summed E-state index contributed by atoms with van der Waals surface area (Å²) >= 11 is 0. The van der Waals surface area contributed by atoms with E-state index in [0.29, 0.717) is 11.3 Å². The summed E-state index contributed by atoms with van der Waals surface area (Å²) in [6.45, 7) is 3.34. The number of nitrogens with one attached hydrogen (secondary N) is 1. The average Bonchev–Trinajstić information content (AvgIpc) is 2.88. The first-order chi connectivity index (χ1) is 18.1. The molecule has 13 heteroatoms. The zero-order chi connectivity index (χ0) is 27.9. The lowest BCUT2D eigenvalue weighted by Gasteiger charge is -2.17. The molecular weight excluding hydrogens is 519 g/mol. The van der Waals surface area contributed by atoms with Crippen molar-refractivity contribution in [2.24, 2.45) is 5.73 Å². The van der Waals surface area contributed by atoms with Gasteiger partial charge < -0.3 is 25.1 Å². The fraction of sp³-hybridized carbons (Fsp3) is 0.320. The third-order valence-electron chi connectivity index (χ3n) is 5.38. The number of rotatable bonds is 12. The SMILES string of the molecule is COc1ccc(F)cc1C[C@H](N)C(=O)Oc1c(NS(=O)(=O)c2ccc(C(C)C)cc2)ncnc1OCCO. The van der Waals surface area contributed by atoms with E-state index >= 15 is 0 Å². The van der Waals surface area contributed by atoms with Crippen LogP contribution in [0.3, 0.4) is 0 Å². The van der Waals surface area contributed by atoms with Gasteiger partial charge in [0.05, 0.1) is 18.6 Å². The smallest absolute Gasteiger partial charge is 0.328 e. The number of aliphatic hydroxyl groups is 1. The number of benzene rings is 2. The second kappa shape index (κ2) is 12.6. The fourth-order valence-electron chi connectivity index (χ4n) is 3.39. The number of nitrogens with two attached hydrogens (primary N) is 1. The van der Waals surface area contributed by atoms with Crippen LogP contribution in [0, 0.1) is 5.82 Å². The van der Waals surface area contributed by atoms with E-state index in [0.717, 1.165) is 11.9 Å². The minimum absolute atomic E-state index is 0.0504. The van der Waals surface area contributed by atoms with Crippen LogP contribution in [-0.2, 0) is 21.2 Å². The van der Waals surface area contributed by atoms with Crippen molar-refractivity contribution in [3.63, 3.8) is 0 Å². The molecule has 38 heavy (non-hydrogen) atoms. The number of carbonyl (C=O) groups is 1. The van der Waals surface area contributed by atoms with E-state index in [1.54, 1.807) is 12.1 Å². The lowest BCUT2D eigenvalue weighted by molar-refractivity contribution is -0.135. The number of halogens is 1. The molecule has 0 spiro atoms. The first-order valence-corrected chi connectivity index (χ1v) is 13.0. The summed E-state index contributed by atoms with van der Waals surface area (Å²) in [7, 11) is -2.77. The first-order valence-electron chi connectivity index (χ1n) is 11.6. The number of nitrogens with zero attached hydrogens (tertiary/aromatic N) is 2. The Morgan fingerprint density at radius 1 is 1.16 bits per heavy atom. The molecule has 0 fully saturated rings. The highest BCUT2D eigenvalue weighted by Gasteiger charge is 2.26. The van der Waals surface area contributed by atoms with E-state index in [1.165, 1.54) is 37.4 Å². The van der Waals surface area contributed by atoms with Crippen molar-refractivity contribution in [2.45, 2.75) is 37.1 Å². The van der Waals surface area contributed by atoms with Crippen LogP contribution in [0.2, 0.25) is 0 Å². The van der Waals surface area contributed by atoms with E-state index in [9.17, 15) is 17.6 Å². The molecule has 1 aromatic heterocycles. The predicted molar refractivity (Wildman–Crippen MR) is 136 cm³/mol. The highest BCUT2D eigenvalue weighted by molar-refractivity contribution is 7.92. The molecule has 0 saturated carbocycles. The highest BCUT2D eigenvalue weighted by Crippen LogP contribution is 2.33. The zero-order valence-corrected chi connectivity index (χ0v) is 21.9. The Hall–Kier alpha value is -3.81. The summed E-state index contributed by atoms with van der Waals surface area (Å²) in [5, 5.41) is 9.14. The van der Waals surface area contributed by atoms with Crippen LogP contribution in [0.5, 0.6) is 17.4 Å². The van der Waals surface area contributed by atoms with Gasteiger partial charge >= 0.3 is 5.97 Å². The van der Waals surface area contributed by atoms with Crippen molar-refractivity contribution in [1.29, 1.82) is 0 Å². The predicted octanol–water partition coefficient (Wildman–Crippen LogP) is 2.40. The number of aromatic nitrogens is 2. The molecule has 0 bridgehead atoms. The largest absolute Gasteiger partial charge is 0.496 e. The standard InChI is InChI=1S/C25H29FN4O7S/c1-15(2)16-4-7-19(8-5-16)38(33,34)30-23-22(24(29-14-28-23)36-11-10-31)37-25(32)20(27)13-17-12-18(26)6-9-21(17)35-3/h4-9,12,14-15,20,31H,10-11,13,27H2,1-3H3,(H,28,29,30)/t20-/m0/s1. The lowest BCUT2D eigenvalue weighted by Crippen LogP contribution is -2.36. The molecule has 0 saturated heterocycles. The number of hydrogen-bond donors (Lipinski definition) is 3. The van der Waals surface area contributed by atoms with Crippen molar-refractivity contribution in [3.8, 4) is 17.4 Å². The topological polar surface area (TPSA) is 163 Å². The van der Waals surface area contributed by atoms with Crippen molar-refractivity contribution >= 4 is 21.8 Å². The van der Waals surface area contributed by atoms with E-state index in [4.69, 9.17) is 25.1 Å². The third-order valence-corrected chi connectivity index (χ3v) is 6.73. The van der Waals surface area contributed by atoms with Crippen LogP contribution >= 0.6 is 0 Å². The molecule has 0 unspecified atom stereocenters. The van der Waals surface area contributed by atoms with Crippen LogP contribution in [0.4, 0.5) is 10.2 Å². The third kappa shape index (κ3) is 7.15. The summed E-state index contributed by atoms with van der Waals surface area (Å²) < 4.78 is 58.0. The van der Waals surface area contributed by atoms with Gasteiger partial charge in [0.25, 0.3) is 15.9 Å². The second-order valence-electron chi connectivity index (χ2n) is 8.45. The van der Waals surface area contributed by atoms with Crippen LogP contribution < -0.4 is 24.7 Å². The van der Waals surface area contributed by atoms with Crippen LogP contribution in [0.25, 0.3) is 0 Å². The molecule has 1 heterocycles. The van der Waals surface area contributed by atoms with E-state index in [1.807, 2.05) is 13.8 Å². The molecule has 0 radical (unpaired) electrons. The molecule has 1 atom stereocenters. The lowest BCUT2D eigenvalue weighted by atomic mass is 10.0. The summed E-state index contributed by atoms with van der Waals surface area (Å²) in [6, 6.07) is 8.74. The van der Waals surface area contributed by atoms with Gasteiger partial charge in [-0.15, -0.1) is 0 Å². The molecule has 3 rings (SSSR count). The maximum absolute atomic E-state index is 13.7. The molecular formula is C25H29FN4O7S. The highest BCUT2D eigenvalue weighted by atomic mass is 32.2. The van der Waals surface area contributed by atoms with Gasteiger partial charge in [0.15, 0.2) is 5.82 Å². The van der Waals surface area contributed by atoms with Gasteiger partial charge in [-0.1, -0.05) is 26.0 Å². The van der Waals surface area contributed by atoms with Gasteiger partial charge in [-0.05, 0) is 47.4 Å². The number of esters is 1. The molecule has 0 aliphatic heterocycles. The molecule has 204 valence electrons. The molecule has 0 aliphatic rings. The number of carbonyl (C=O) groups excluding carboxylic acids is 1. The minimum Gasteiger partial charge on any atom is -0.496 e. The number of aliphatic hydroxyl groups excluding tert-OH is 1. The number of ether oxygens (including phenoxy) is 3. The van der Waals surface area contributed by atoms with Gasteiger partial charge in [0.2, 0.25) is 5.75 Å². The minimum atomic E-state index is -4.16. The van der Waals surface area contributed by atoms with Crippen molar-refractivity contribution in [1.82, 2.24) is 9.97 Å². The Bertz CT molecular complexity index is 1370. The monoisotopic (exact) mass is 548 g/mol. The van der Waals surface area contributed by atoms with Gasteiger partial charge in [-0.25, -0.2) is 22.6 Å². The zero-order valence-electron chi connectivity index (χ0n) is 21.0. The van der Waals surface area contributed by atoms with Gasteiger partial charge in [0, 0.05) is 6.42 Å². The summed E-state index contributed by atoms with van der Waals surface area (Å²) in [6.07, 6.45) is 0.852. The van der Waals surface area contributed by atoms with Gasteiger partial charge in [-0.3, -0.25) is 4.72 Å². The quantitative estimate of drug-likeness (QED) is 0.286. The Labute approximate surface area is 219 Å². The average molecular weight is 549 g/mol. The molecule has 4 N–H and O–H groups in total. The molecule has 11 nitrogen and oxygen atoms in total. The maximum atomic E-state index is 13.7. The Morgan fingerprint density at radius 2 is 1.87 bits per heavy atom. The van der Waals surface area contributed by atoms with Crippen LogP contribution in [-0.4, -0.2) is 55.8 Å². The molecule has 0 aliphatic carbocycles. The number of methoxy groups -OCH3 is 1. The Balaban J connectivity index is 1.89. The number of hydrogen-bond acceptors (Lipinski definition) is 10. The fourth-order valence-corrected chi connectivity index (χ4v) is 4.40.